The Kier molecular flexibility index (Phi) is 7.84. The minimum atomic E-state index is -0.610. The Morgan fingerprint density at radius 2 is 1.60 bits per heavy atom. The van der Waals surface area contributed by atoms with E-state index in [4.69, 9.17) is 4.42 Å². The average Bonchev–Trinajstić information content (AvgIpc) is 3.30. The predicted molar refractivity (Wildman–Crippen MR) is 116 cm³/mol. The zero-order valence-electron chi connectivity index (χ0n) is 17.3. The molecule has 1 N–H and O–H groups in total. The van der Waals surface area contributed by atoms with Gasteiger partial charge in [-0.05, 0) is 29.7 Å². The van der Waals surface area contributed by atoms with E-state index >= 15 is 0 Å². The summed E-state index contributed by atoms with van der Waals surface area (Å²) in [7, 11) is 0. The summed E-state index contributed by atoms with van der Waals surface area (Å²) in [6.07, 6.45) is 3.17. The third-order valence-corrected chi connectivity index (χ3v) is 4.95. The van der Waals surface area contributed by atoms with Crippen LogP contribution in [-0.4, -0.2) is 22.8 Å². The third-order valence-electron chi connectivity index (χ3n) is 4.95. The summed E-state index contributed by atoms with van der Waals surface area (Å²) in [4.78, 5) is 28.0. The van der Waals surface area contributed by atoms with Crippen LogP contribution in [0.2, 0.25) is 0 Å². The second kappa shape index (κ2) is 11.0. The van der Waals surface area contributed by atoms with Gasteiger partial charge in [0.15, 0.2) is 0 Å². The van der Waals surface area contributed by atoms with E-state index in [0.29, 0.717) is 25.1 Å². The first-order chi connectivity index (χ1) is 14.7. The van der Waals surface area contributed by atoms with Gasteiger partial charge < -0.3 is 14.6 Å². The third kappa shape index (κ3) is 6.08. The largest absolute Gasteiger partial charge is 0.467 e. The number of amides is 2. The van der Waals surface area contributed by atoms with E-state index in [1.165, 1.54) is 0 Å². The molecule has 5 heteroatoms. The molecule has 0 aliphatic carbocycles. The van der Waals surface area contributed by atoms with E-state index in [1.54, 1.807) is 17.2 Å². The van der Waals surface area contributed by atoms with Gasteiger partial charge in [0.05, 0.1) is 12.8 Å². The van der Waals surface area contributed by atoms with E-state index in [2.05, 4.69) is 5.32 Å². The minimum Gasteiger partial charge on any atom is -0.467 e. The van der Waals surface area contributed by atoms with Gasteiger partial charge in [0, 0.05) is 19.4 Å². The van der Waals surface area contributed by atoms with Crippen LogP contribution in [0.15, 0.2) is 83.5 Å². The predicted octanol–water partition coefficient (Wildman–Crippen LogP) is 4.34. The quantitative estimate of drug-likeness (QED) is 0.547. The average molecular weight is 405 g/mol. The van der Waals surface area contributed by atoms with Crippen LogP contribution >= 0.6 is 0 Å². The minimum absolute atomic E-state index is 0.0181. The number of carbonyl (C=O) groups is 2. The van der Waals surface area contributed by atoms with E-state index in [0.717, 1.165) is 17.5 Å². The molecule has 0 spiro atoms. The second-order valence-corrected chi connectivity index (χ2v) is 7.26. The maximum Gasteiger partial charge on any atom is 0.243 e. The Morgan fingerprint density at radius 3 is 2.20 bits per heavy atom. The van der Waals surface area contributed by atoms with Gasteiger partial charge in [-0.25, -0.2) is 0 Å². The summed E-state index contributed by atoms with van der Waals surface area (Å²) < 4.78 is 5.33. The van der Waals surface area contributed by atoms with Crippen molar-refractivity contribution in [3.05, 3.63) is 95.9 Å². The normalized spacial score (nSPS) is 11.6. The topological polar surface area (TPSA) is 62.6 Å². The van der Waals surface area contributed by atoms with E-state index in [-0.39, 0.29) is 18.4 Å². The van der Waals surface area contributed by atoms with Crippen molar-refractivity contribution < 1.29 is 14.0 Å². The van der Waals surface area contributed by atoms with Crippen LogP contribution in [0.5, 0.6) is 0 Å². The maximum absolute atomic E-state index is 13.2. The SMILES string of the molecule is CCCC(=O)N(Cc1ccccc1)[C@@H](Cc1ccccc1)C(=O)NCc1ccco1. The Labute approximate surface area is 177 Å². The molecular formula is C25H28N2O3. The fourth-order valence-corrected chi connectivity index (χ4v) is 3.40. The number of benzene rings is 2. The zero-order valence-corrected chi connectivity index (χ0v) is 17.3. The highest BCUT2D eigenvalue weighted by atomic mass is 16.3. The van der Waals surface area contributed by atoms with Gasteiger partial charge in [-0.2, -0.15) is 0 Å². The molecule has 1 heterocycles. The van der Waals surface area contributed by atoms with Crippen molar-refractivity contribution in [2.45, 2.75) is 45.3 Å². The maximum atomic E-state index is 13.2. The van der Waals surface area contributed by atoms with Crippen LogP contribution < -0.4 is 5.32 Å². The monoisotopic (exact) mass is 404 g/mol. The molecule has 156 valence electrons. The lowest BCUT2D eigenvalue weighted by atomic mass is 10.0. The van der Waals surface area contributed by atoms with Crippen molar-refractivity contribution in [3.8, 4) is 0 Å². The van der Waals surface area contributed by atoms with Crippen molar-refractivity contribution in [2.24, 2.45) is 0 Å². The molecule has 0 radical (unpaired) electrons. The Balaban J connectivity index is 1.85. The number of nitrogens with zero attached hydrogens (tertiary/aromatic N) is 1. The molecule has 5 nitrogen and oxygen atoms in total. The van der Waals surface area contributed by atoms with Crippen LogP contribution in [0.4, 0.5) is 0 Å². The number of rotatable bonds is 10. The molecule has 0 saturated heterocycles. The van der Waals surface area contributed by atoms with Gasteiger partial charge in [-0.1, -0.05) is 67.6 Å². The molecule has 3 aromatic rings. The lowest BCUT2D eigenvalue weighted by Gasteiger charge is -2.31. The van der Waals surface area contributed by atoms with Crippen molar-refractivity contribution in [1.82, 2.24) is 10.2 Å². The lowest BCUT2D eigenvalue weighted by Crippen LogP contribution is -2.50. The molecule has 0 aliphatic heterocycles. The Bertz CT molecular complexity index is 908. The first-order valence-corrected chi connectivity index (χ1v) is 10.3. The molecule has 1 atom stereocenters. The summed E-state index contributed by atoms with van der Waals surface area (Å²) in [5.74, 6) is 0.474. The highest BCUT2D eigenvalue weighted by molar-refractivity contribution is 5.88. The molecule has 30 heavy (non-hydrogen) atoms. The summed E-state index contributed by atoms with van der Waals surface area (Å²) >= 11 is 0. The smallest absolute Gasteiger partial charge is 0.243 e. The molecule has 0 unspecified atom stereocenters. The van der Waals surface area contributed by atoms with Crippen LogP contribution in [0.1, 0.15) is 36.7 Å². The van der Waals surface area contributed by atoms with E-state index in [1.807, 2.05) is 73.7 Å². The van der Waals surface area contributed by atoms with Gasteiger partial charge >= 0.3 is 0 Å². The number of hydrogen-bond acceptors (Lipinski definition) is 3. The molecule has 0 saturated carbocycles. The van der Waals surface area contributed by atoms with E-state index < -0.39 is 6.04 Å². The van der Waals surface area contributed by atoms with Crippen molar-refractivity contribution in [1.29, 1.82) is 0 Å². The van der Waals surface area contributed by atoms with Gasteiger partial charge in [0.2, 0.25) is 11.8 Å². The first kappa shape index (κ1) is 21.4. The molecule has 0 aliphatic rings. The summed E-state index contributed by atoms with van der Waals surface area (Å²) in [6, 6.07) is 22.6. The number of carbonyl (C=O) groups excluding carboxylic acids is 2. The van der Waals surface area contributed by atoms with Crippen LogP contribution in [0, 0.1) is 0 Å². The standard InChI is InChI=1S/C25H28N2O3/c1-2-10-24(28)27(19-21-13-7-4-8-14-21)23(17-20-11-5-3-6-12-20)25(29)26-18-22-15-9-16-30-22/h3-9,11-16,23H,2,10,17-19H2,1H3,(H,26,29)/t23-/m0/s1. The van der Waals surface area contributed by atoms with Crippen molar-refractivity contribution in [3.63, 3.8) is 0 Å². The Hall–Kier alpha value is -3.34. The van der Waals surface area contributed by atoms with Gasteiger partial charge in [0.25, 0.3) is 0 Å². The van der Waals surface area contributed by atoms with Crippen molar-refractivity contribution >= 4 is 11.8 Å². The zero-order chi connectivity index (χ0) is 21.2. The van der Waals surface area contributed by atoms with Gasteiger partial charge in [-0.15, -0.1) is 0 Å². The van der Waals surface area contributed by atoms with E-state index in [9.17, 15) is 9.59 Å². The molecule has 3 rings (SSSR count). The Morgan fingerprint density at radius 1 is 0.933 bits per heavy atom. The second-order valence-electron chi connectivity index (χ2n) is 7.26. The van der Waals surface area contributed by atoms with Gasteiger partial charge in [0.1, 0.15) is 11.8 Å². The highest BCUT2D eigenvalue weighted by Crippen LogP contribution is 2.16. The molecule has 2 aromatic carbocycles. The molecular weight excluding hydrogens is 376 g/mol. The van der Waals surface area contributed by atoms with Crippen molar-refractivity contribution in [2.75, 3.05) is 0 Å². The molecule has 2 amide bonds. The van der Waals surface area contributed by atoms with Crippen LogP contribution in [0.3, 0.4) is 0 Å². The molecule has 0 fully saturated rings. The highest BCUT2D eigenvalue weighted by Gasteiger charge is 2.29. The summed E-state index contributed by atoms with van der Waals surface area (Å²) in [6.45, 7) is 2.66. The summed E-state index contributed by atoms with van der Waals surface area (Å²) in [5, 5.41) is 2.94. The van der Waals surface area contributed by atoms with Crippen LogP contribution in [0.25, 0.3) is 0 Å². The number of hydrogen-bond donors (Lipinski definition) is 1. The first-order valence-electron chi connectivity index (χ1n) is 10.3. The number of nitrogens with one attached hydrogen (secondary N) is 1. The number of furan rings is 1. The van der Waals surface area contributed by atoms with Crippen LogP contribution in [-0.2, 0) is 29.1 Å². The fraction of sp³-hybridized carbons (Fsp3) is 0.280. The lowest BCUT2D eigenvalue weighted by molar-refractivity contribution is -0.141. The molecule has 0 bridgehead atoms. The fourth-order valence-electron chi connectivity index (χ4n) is 3.40. The molecule has 1 aromatic heterocycles. The van der Waals surface area contributed by atoms with Gasteiger partial charge in [-0.3, -0.25) is 9.59 Å². The summed E-state index contributed by atoms with van der Waals surface area (Å²) in [5.41, 5.74) is 2.01.